The number of hydrogen-bond donors (Lipinski definition) is 1. The third-order valence-electron chi connectivity index (χ3n) is 3.98. The second kappa shape index (κ2) is 7.48. The van der Waals surface area contributed by atoms with E-state index in [4.69, 9.17) is 16.3 Å². The van der Waals surface area contributed by atoms with Crippen LogP contribution in [0.5, 0.6) is 5.75 Å². The lowest BCUT2D eigenvalue weighted by atomic mass is 9.92. The molecular weight excluding hydrogens is 286 g/mol. The van der Waals surface area contributed by atoms with Crippen LogP contribution in [0.1, 0.15) is 25.8 Å². The topological polar surface area (TPSA) is 32.7 Å². The monoisotopic (exact) mass is 311 g/mol. The van der Waals surface area contributed by atoms with Gasteiger partial charge in [-0.15, -0.1) is 0 Å². The van der Waals surface area contributed by atoms with Gasteiger partial charge in [-0.05, 0) is 48.9 Å². The maximum atomic E-state index is 10.2. The Bertz CT molecular complexity index is 456. The second-order valence-corrected chi connectivity index (χ2v) is 6.98. The van der Waals surface area contributed by atoms with Crippen LogP contribution in [0.15, 0.2) is 18.2 Å². The Morgan fingerprint density at radius 3 is 2.62 bits per heavy atom. The van der Waals surface area contributed by atoms with E-state index in [-0.39, 0.29) is 0 Å². The molecule has 1 saturated heterocycles. The summed E-state index contributed by atoms with van der Waals surface area (Å²) in [4.78, 5) is 2.35. The number of likely N-dealkylation sites (tertiary alicyclic amines) is 1. The molecule has 0 saturated carbocycles. The number of halogens is 1. The first-order chi connectivity index (χ1) is 9.94. The molecule has 0 bridgehead atoms. The molecule has 1 heterocycles. The molecule has 0 radical (unpaired) electrons. The maximum Gasteiger partial charge on any atom is 0.122 e. The van der Waals surface area contributed by atoms with E-state index < -0.39 is 6.10 Å². The molecule has 1 aromatic rings. The molecule has 0 spiro atoms. The third kappa shape index (κ3) is 5.17. The molecule has 1 fully saturated rings. The normalized spacial score (nSPS) is 24.8. The average molecular weight is 312 g/mol. The highest BCUT2D eigenvalue weighted by Crippen LogP contribution is 2.23. The molecule has 1 aromatic carbocycles. The minimum atomic E-state index is -0.461. The quantitative estimate of drug-likeness (QED) is 0.905. The Morgan fingerprint density at radius 2 is 2.00 bits per heavy atom. The number of piperidine rings is 1. The molecule has 4 heteroatoms. The van der Waals surface area contributed by atoms with Crippen molar-refractivity contribution in [3.05, 3.63) is 28.8 Å². The first-order valence-corrected chi connectivity index (χ1v) is 8.11. The lowest BCUT2D eigenvalue weighted by molar-refractivity contribution is 0.0427. The standard InChI is InChI=1S/C17H26ClNO2/c1-12-6-13(2)9-19(8-12)10-16(20)11-21-17-5-4-15(18)7-14(17)3/h4-5,7,12-13,16,20H,6,8-11H2,1-3H3/t12-,13+,16-/m1/s1. The molecule has 0 aromatic heterocycles. The van der Waals surface area contributed by atoms with Crippen LogP contribution >= 0.6 is 11.6 Å². The fourth-order valence-electron chi connectivity index (χ4n) is 3.25. The van der Waals surface area contributed by atoms with Crippen molar-refractivity contribution in [3.63, 3.8) is 0 Å². The number of β-amino-alcohol motifs (C(OH)–C–C–N with tert-alkyl or cyclic N) is 1. The van der Waals surface area contributed by atoms with Gasteiger partial charge in [-0.25, -0.2) is 0 Å². The van der Waals surface area contributed by atoms with E-state index in [9.17, 15) is 5.11 Å². The van der Waals surface area contributed by atoms with Crippen molar-refractivity contribution in [2.75, 3.05) is 26.2 Å². The summed E-state index contributed by atoms with van der Waals surface area (Å²) < 4.78 is 5.71. The predicted octanol–water partition coefficient (Wildman–Crippen LogP) is 3.37. The van der Waals surface area contributed by atoms with Crippen LogP contribution in [-0.2, 0) is 0 Å². The summed E-state index contributed by atoms with van der Waals surface area (Å²) in [7, 11) is 0. The van der Waals surface area contributed by atoms with Crippen LogP contribution in [0.25, 0.3) is 0 Å². The Labute approximate surface area is 132 Å². The summed E-state index contributed by atoms with van der Waals surface area (Å²) in [5.41, 5.74) is 0.995. The minimum Gasteiger partial charge on any atom is -0.491 e. The van der Waals surface area contributed by atoms with Crippen LogP contribution in [0, 0.1) is 18.8 Å². The van der Waals surface area contributed by atoms with Gasteiger partial charge in [0, 0.05) is 24.7 Å². The van der Waals surface area contributed by atoms with Crippen molar-refractivity contribution in [1.29, 1.82) is 0 Å². The molecule has 0 unspecified atom stereocenters. The van der Waals surface area contributed by atoms with Gasteiger partial charge in [0.1, 0.15) is 18.5 Å². The first kappa shape index (κ1) is 16.6. The van der Waals surface area contributed by atoms with E-state index in [1.54, 1.807) is 0 Å². The van der Waals surface area contributed by atoms with E-state index in [1.165, 1.54) is 6.42 Å². The van der Waals surface area contributed by atoms with E-state index >= 15 is 0 Å². The maximum absolute atomic E-state index is 10.2. The lowest BCUT2D eigenvalue weighted by Gasteiger charge is -2.35. The summed E-state index contributed by atoms with van der Waals surface area (Å²) in [5, 5.41) is 10.9. The third-order valence-corrected chi connectivity index (χ3v) is 4.22. The minimum absolute atomic E-state index is 0.321. The van der Waals surface area contributed by atoms with Crippen molar-refractivity contribution in [3.8, 4) is 5.75 Å². The highest BCUT2D eigenvalue weighted by atomic mass is 35.5. The van der Waals surface area contributed by atoms with Gasteiger partial charge in [0.2, 0.25) is 0 Å². The van der Waals surface area contributed by atoms with Crippen molar-refractivity contribution < 1.29 is 9.84 Å². The van der Waals surface area contributed by atoms with Gasteiger partial charge >= 0.3 is 0 Å². The Hall–Kier alpha value is -0.770. The van der Waals surface area contributed by atoms with Crippen molar-refractivity contribution >= 4 is 11.6 Å². The molecule has 1 aliphatic heterocycles. The number of aliphatic hydroxyl groups excluding tert-OH is 1. The second-order valence-electron chi connectivity index (χ2n) is 6.54. The number of benzene rings is 1. The number of aryl methyl sites for hydroxylation is 1. The number of aliphatic hydroxyl groups is 1. The highest BCUT2D eigenvalue weighted by Gasteiger charge is 2.23. The van der Waals surface area contributed by atoms with E-state index in [0.29, 0.717) is 30.0 Å². The zero-order chi connectivity index (χ0) is 15.4. The lowest BCUT2D eigenvalue weighted by Crippen LogP contribution is -2.44. The first-order valence-electron chi connectivity index (χ1n) is 7.73. The molecular formula is C17H26ClNO2. The van der Waals surface area contributed by atoms with Crippen molar-refractivity contribution in [2.45, 2.75) is 33.3 Å². The van der Waals surface area contributed by atoms with Gasteiger partial charge in [-0.3, -0.25) is 0 Å². The van der Waals surface area contributed by atoms with Crippen LogP contribution < -0.4 is 4.74 Å². The van der Waals surface area contributed by atoms with Crippen LogP contribution in [0.4, 0.5) is 0 Å². The van der Waals surface area contributed by atoms with Crippen LogP contribution in [0.2, 0.25) is 5.02 Å². The Morgan fingerprint density at radius 1 is 1.33 bits per heavy atom. The predicted molar refractivity (Wildman–Crippen MR) is 87.1 cm³/mol. The molecule has 0 amide bonds. The van der Waals surface area contributed by atoms with Crippen molar-refractivity contribution in [2.24, 2.45) is 11.8 Å². The SMILES string of the molecule is Cc1cc(Cl)ccc1OC[C@H](O)CN1C[C@H](C)C[C@H](C)C1. The number of ether oxygens (including phenoxy) is 1. The summed E-state index contributed by atoms with van der Waals surface area (Å²) in [5.74, 6) is 2.21. The van der Waals surface area contributed by atoms with Gasteiger partial charge in [0.25, 0.3) is 0 Å². The van der Waals surface area contributed by atoms with E-state index in [2.05, 4.69) is 18.7 Å². The number of hydrogen-bond acceptors (Lipinski definition) is 3. The summed E-state index contributed by atoms with van der Waals surface area (Å²) in [6, 6.07) is 5.54. The van der Waals surface area contributed by atoms with Gasteiger partial charge in [0.15, 0.2) is 0 Å². The van der Waals surface area contributed by atoms with Crippen LogP contribution in [-0.4, -0.2) is 42.4 Å². The van der Waals surface area contributed by atoms with Crippen LogP contribution in [0.3, 0.4) is 0 Å². The molecule has 21 heavy (non-hydrogen) atoms. The van der Waals surface area contributed by atoms with E-state index in [1.807, 2.05) is 25.1 Å². The Kier molecular flexibility index (Phi) is 5.91. The summed E-state index contributed by atoms with van der Waals surface area (Å²) >= 11 is 5.92. The van der Waals surface area contributed by atoms with Crippen molar-refractivity contribution in [1.82, 2.24) is 4.90 Å². The molecule has 0 aliphatic carbocycles. The molecule has 1 aliphatic rings. The zero-order valence-corrected chi connectivity index (χ0v) is 13.9. The fourth-order valence-corrected chi connectivity index (χ4v) is 3.48. The molecule has 3 nitrogen and oxygen atoms in total. The van der Waals surface area contributed by atoms with Gasteiger partial charge < -0.3 is 14.7 Å². The zero-order valence-electron chi connectivity index (χ0n) is 13.2. The fraction of sp³-hybridized carbons (Fsp3) is 0.647. The number of nitrogens with zero attached hydrogens (tertiary/aromatic N) is 1. The summed E-state index contributed by atoms with van der Waals surface area (Å²) in [6.45, 7) is 9.67. The average Bonchev–Trinajstić information content (AvgIpc) is 2.36. The summed E-state index contributed by atoms with van der Waals surface area (Å²) in [6.07, 6.45) is 0.824. The smallest absolute Gasteiger partial charge is 0.122 e. The largest absolute Gasteiger partial charge is 0.491 e. The molecule has 118 valence electrons. The highest BCUT2D eigenvalue weighted by molar-refractivity contribution is 6.30. The molecule has 3 atom stereocenters. The number of rotatable bonds is 5. The molecule has 1 N–H and O–H groups in total. The van der Waals surface area contributed by atoms with E-state index in [0.717, 1.165) is 24.4 Å². The van der Waals surface area contributed by atoms with Gasteiger partial charge in [-0.2, -0.15) is 0 Å². The molecule has 2 rings (SSSR count). The van der Waals surface area contributed by atoms with Gasteiger partial charge in [0.05, 0.1) is 0 Å². The Balaban J connectivity index is 1.80. The van der Waals surface area contributed by atoms with Gasteiger partial charge in [-0.1, -0.05) is 25.4 Å².